The van der Waals surface area contributed by atoms with Crippen LogP contribution in [0.15, 0.2) is 14.5 Å². The molecule has 1 amide bonds. The number of thiazole rings is 1. The van der Waals surface area contributed by atoms with Gasteiger partial charge in [-0.3, -0.25) is 4.79 Å². The number of nitrogen functional groups attached to an aromatic ring is 1. The number of hydrogen-bond acceptors (Lipinski definition) is 4. The van der Waals surface area contributed by atoms with Gasteiger partial charge in [0.25, 0.3) is 5.91 Å². The van der Waals surface area contributed by atoms with Crippen LogP contribution in [0.1, 0.15) is 28.2 Å². The van der Waals surface area contributed by atoms with Crippen LogP contribution in [-0.4, -0.2) is 22.4 Å². The smallest absolute Gasteiger partial charge is 0.268 e. The molecule has 0 radical (unpaired) electrons. The van der Waals surface area contributed by atoms with Crippen molar-refractivity contribution in [2.24, 2.45) is 0 Å². The number of H-pyrrole nitrogens is 1. The monoisotopic (exact) mass is 420 g/mol. The summed E-state index contributed by atoms with van der Waals surface area (Å²) >= 11 is 8.19. The normalized spacial score (nSPS) is 10.8. The highest BCUT2D eigenvalue weighted by atomic mass is 79.9. The minimum atomic E-state index is -0.105. The Hall–Kier alpha value is -0.860. The average Bonchev–Trinajstić information content (AvgIpc) is 2.94. The molecule has 2 rings (SSSR count). The van der Waals surface area contributed by atoms with Gasteiger partial charge in [0, 0.05) is 11.9 Å². The molecule has 0 saturated carbocycles. The predicted molar refractivity (Wildman–Crippen MR) is 88.1 cm³/mol. The maximum Gasteiger partial charge on any atom is 0.268 e. The van der Waals surface area contributed by atoms with E-state index in [1.165, 1.54) is 11.3 Å². The Balaban J connectivity index is 1.82. The van der Waals surface area contributed by atoms with Gasteiger partial charge in [0.2, 0.25) is 0 Å². The number of amides is 1. The molecule has 0 bridgehead atoms. The van der Waals surface area contributed by atoms with Crippen LogP contribution in [0.5, 0.6) is 0 Å². The third-order valence-electron chi connectivity index (χ3n) is 2.82. The van der Waals surface area contributed by atoms with Crippen molar-refractivity contribution < 1.29 is 4.79 Å². The molecule has 0 aliphatic heterocycles. The number of carbonyl (C=O) groups is 1. The third kappa shape index (κ3) is 3.62. The van der Waals surface area contributed by atoms with Crippen LogP contribution in [0, 0.1) is 6.92 Å². The molecule has 2 aromatic rings. The molecule has 0 aliphatic rings. The number of anilines is 1. The van der Waals surface area contributed by atoms with Gasteiger partial charge in [-0.2, -0.15) is 0 Å². The third-order valence-corrected chi connectivity index (χ3v) is 5.66. The van der Waals surface area contributed by atoms with E-state index in [2.05, 4.69) is 47.1 Å². The lowest BCUT2D eigenvalue weighted by molar-refractivity contribution is 0.0948. The molecule has 0 saturated heterocycles. The van der Waals surface area contributed by atoms with Crippen LogP contribution in [-0.2, 0) is 6.42 Å². The largest absolute Gasteiger partial charge is 0.375 e. The Kier molecular flexibility index (Phi) is 5.22. The molecule has 8 heteroatoms. The van der Waals surface area contributed by atoms with Crippen LogP contribution < -0.4 is 11.1 Å². The van der Waals surface area contributed by atoms with Gasteiger partial charge in [0.05, 0.1) is 14.8 Å². The van der Waals surface area contributed by atoms with Gasteiger partial charge in [-0.1, -0.05) is 0 Å². The number of carbonyl (C=O) groups excluding carboxylic acids is 1. The van der Waals surface area contributed by atoms with E-state index >= 15 is 0 Å². The molecule has 20 heavy (non-hydrogen) atoms. The second-order valence-electron chi connectivity index (χ2n) is 4.29. The fourth-order valence-electron chi connectivity index (χ4n) is 1.76. The molecule has 0 aromatic carbocycles. The summed E-state index contributed by atoms with van der Waals surface area (Å²) in [5.74, 6) is -0.105. The topological polar surface area (TPSA) is 83.8 Å². The van der Waals surface area contributed by atoms with E-state index in [0.29, 0.717) is 17.4 Å². The molecule has 0 aliphatic carbocycles. The number of aryl methyl sites for hydroxylation is 1. The lowest BCUT2D eigenvalue weighted by Gasteiger charge is -2.04. The molecule has 0 spiro atoms. The standard InChI is InChI=1S/C12H14Br2N4OS/c1-6-8(13)10(14)18-9(6)11(19)16-4-2-3-7-5-20-12(15)17-7/h5,18H,2-4H2,1H3,(H2,15,17)(H,16,19). The van der Waals surface area contributed by atoms with Crippen molar-refractivity contribution in [3.05, 3.63) is 31.4 Å². The van der Waals surface area contributed by atoms with Crippen LogP contribution in [0.25, 0.3) is 0 Å². The second-order valence-corrected chi connectivity index (χ2v) is 6.77. The fourth-order valence-corrected chi connectivity index (χ4v) is 3.15. The molecule has 0 atom stereocenters. The summed E-state index contributed by atoms with van der Waals surface area (Å²) in [5, 5.41) is 5.42. The van der Waals surface area contributed by atoms with E-state index in [4.69, 9.17) is 5.73 Å². The summed E-state index contributed by atoms with van der Waals surface area (Å²) in [6.45, 7) is 2.49. The summed E-state index contributed by atoms with van der Waals surface area (Å²) in [7, 11) is 0. The molecule has 2 heterocycles. The quantitative estimate of drug-likeness (QED) is 0.648. The highest BCUT2D eigenvalue weighted by Crippen LogP contribution is 2.28. The number of nitrogens with zero attached hydrogens (tertiary/aromatic N) is 1. The van der Waals surface area contributed by atoms with Gasteiger partial charge in [-0.05, 0) is 57.2 Å². The molecule has 0 fully saturated rings. The van der Waals surface area contributed by atoms with Gasteiger partial charge in [0.1, 0.15) is 5.69 Å². The lowest BCUT2D eigenvalue weighted by Crippen LogP contribution is -2.25. The lowest BCUT2D eigenvalue weighted by atomic mass is 10.2. The van der Waals surface area contributed by atoms with Crippen molar-refractivity contribution in [3.63, 3.8) is 0 Å². The van der Waals surface area contributed by atoms with E-state index < -0.39 is 0 Å². The minimum absolute atomic E-state index is 0.105. The number of rotatable bonds is 5. The first-order valence-corrected chi connectivity index (χ1v) is 8.47. The Bertz CT molecular complexity index is 623. The molecule has 0 unspecified atom stereocenters. The Morgan fingerprint density at radius 2 is 2.30 bits per heavy atom. The van der Waals surface area contributed by atoms with Crippen molar-refractivity contribution in [3.8, 4) is 0 Å². The molecule has 2 aromatic heterocycles. The van der Waals surface area contributed by atoms with Crippen molar-refractivity contribution in [1.29, 1.82) is 0 Å². The molecular weight excluding hydrogens is 408 g/mol. The van der Waals surface area contributed by atoms with Crippen LogP contribution >= 0.6 is 43.2 Å². The summed E-state index contributed by atoms with van der Waals surface area (Å²) in [6, 6.07) is 0. The van der Waals surface area contributed by atoms with Crippen molar-refractivity contribution in [2.75, 3.05) is 12.3 Å². The Morgan fingerprint density at radius 1 is 1.55 bits per heavy atom. The summed E-state index contributed by atoms with van der Waals surface area (Å²) < 4.78 is 1.65. The number of nitrogens with two attached hydrogens (primary N) is 1. The average molecular weight is 422 g/mol. The fraction of sp³-hybridized carbons (Fsp3) is 0.333. The van der Waals surface area contributed by atoms with E-state index in [1.54, 1.807) is 0 Å². The predicted octanol–water partition coefficient (Wildman–Crippen LogP) is 3.25. The van der Waals surface area contributed by atoms with Crippen molar-refractivity contribution >= 4 is 54.2 Å². The highest BCUT2D eigenvalue weighted by molar-refractivity contribution is 9.13. The Morgan fingerprint density at radius 3 is 2.85 bits per heavy atom. The zero-order valence-corrected chi connectivity index (χ0v) is 14.8. The van der Waals surface area contributed by atoms with Gasteiger partial charge in [-0.25, -0.2) is 4.98 Å². The first-order valence-electron chi connectivity index (χ1n) is 6.00. The van der Waals surface area contributed by atoms with Gasteiger partial charge in [-0.15, -0.1) is 11.3 Å². The van der Waals surface area contributed by atoms with E-state index in [9.17, 15) is 4.79 Å². The summed E-state index contributed by atoms with van der Waals surface area (Å²) in [6.07, 6.45) is 1.64. The Labute approximate surface area is 137 Å². The summed E-state index contributed by atoms with van der Waals surface area (Å²) in [4.78, 5) is 19.2. The van der Waals surface area contributed by atoms with Crippen molar-refractivity contribution in [2.45, 2.75) is 19.8 Å². The molecular formula is C12H14Br2N4OS. The van der Waals surface area contributed by atoms with E-state index in [1.807, 2.05) is 12.3 Å². The minimum Gasteiger partial charge on any atom is -0.375 e. The van der Waals surface area contributed by atoms with E-state index in [-0.39, 0.29) is 5.91 Å². The number of hydrogen-bond donors (Lipinski definition) is 3. The maximum atomic E-state index is 12.0. The zero-order chi connectivity index (χ0) is 14.7. The molecule has 108 valence electrons. The number of nitrogens with one attached hydrogen (secondary N) is 2. The van der Waals surface area contributed by atoms with E-state index in [0.717, 1.165) is 33.2 Å². The molecule has 5 nitrogen and oxygen atoms in total. The highest BCUT2D eigenvalue weighted by Gasteiger charge is 2.16. The second kappa shape index (κ2) is 6.73. The van der Waals surface area contributed by atoms with Crippen LogP contribution in [0.3, 0.4) is 0 Å². The van der Waals surface area contributed by atoms with Crippen molar-refractivity contribution in [1.82, 2.24) is 15.3 Å². The van der Waals surface area contributed by atoms with Gasteiger partial charge in [0.15, 0.2) is 5.13 Å². The first kappa shape index (κ1) is 15.5. The van der Waals surface area contributed by atoms with Gasteiger partial charge >= 0.3 is 0 Å². The number of aromatic nitrogens is 2. The van der Waals surface area contributed by atoms with Gasteiger partial charge < -0.3 is 16.0 Å². The SMILES string of the molecule is Cc1c(C(=O)NCCCc2csc(N)n2)[nH]c(Br)c1Br. The number of aromatic amines is 1. The molecule has 4 N–H and O–H groups in total. The van der Waals surface area contributed by atoms with Crippen LogP contribution in [0.4, 0.5) is 5.13 Å². The first-order chi connectivity index (χ1) is 9.49. The van der Waals surface area contributed by atoms with Crippen LogP contribution in [0.2, 0.25) is 0 Å². The number of halogens is 2. The summed E-state index contributed by atoms with van der Waals surface area (Å²) in [5.41, 5.74) is 8.00. The maximum absolute atomic E-state index is 12.0. The zero-order valence-electron chi connectivity index (χ0n) is 10.8.